The van der Waals surface area contributed by atoms with Gasteiger partial charge in [-0.3, -0.25) is 10.0 Å². The van der Waals surface area contributed by atoms with Gasteiger partial charge in [0.2, 0.25) is 0 Å². The summed E-state index contributed by atoms with van der Waals surface area (Å²) in [4.78, 5) is 0. The fraction of sp³-hybridized carbons (Fsp3) is 0.625. The minimum absolute atomic E-state index is 0. The van der Waals surface area contributed by atoms with Gasteiger partial charge < -0.3 is 0 Å². The summed E-state index contributed by atoms with van der Waals surface area (Å²) in [5.74, 6) is 0. The van der Waals surface area contributed by atoms with Crippen molar-refractivity contribution in [2.75, 3.05) is 23.1 Å². The summed E-state index contributed by atoms with van der Waals surface area (Å²) >= 11 is 0. The number of rotatable bonds is 8. The maximum atomic E-state index is 3.53. The largest absolute Gasteiger partial charge is 0.289 e. The fourth-order valence-corrected chi connectivity index (χ4v) is 2.53. The molecule has 1 N–H and O–H groups in total. The maximum absolute atomic E-state index is 3.53. The summed E-state index contributed by atoms with van der Waals surface area (Å²) in [5.41, 5.74) is 6.19. The second-order valence-electron chi connectivity index (χ2n) is 5.31. The van der Waals surface area contributed by atoms with E-state index in [0.717, 1.165) is 13.1 Å². The average Bonchev–Trinajstić information content (AvgIpc) is 2.80. The zero-order valence-electron chi connectivity index (χ0n) is 12.8. The highest BCUT2D eigenvalue weighted by Crippen LogP contribution is 2.33. The average molecular weight is 342 g/mol. The molecule has 0 fully saturated rings. The Labute approximate surface area is 134 Å². The van der Waals surface area contributed by atoms with Crippen LogP contribution in [0.2, 0.25) is 0 Å². The number of benzene rings is 1. The molecule has 0 aromatic heterocycles. The summed E-state index contributed by atoms with van der Waals surface area (Å²) < 4.78 is 0. The van der Waals surface area contributed by atoms with E-state index in [4.69, 9.17) is 0 Å². The van der Waals surface area contributed by atoms with Crippen molar-refractivity contribution >= 4 is 28.4 Å². The van der Waals surface area contributed by atoms with Crippen LogP contribution in [0, 0.1) is 0 Å². The highest BCUT2D eigenvalue weighted by molar-refractivity contribution is 8.93. The Kier molecular flexibility index (Phi) is 8.00. The number of fused-ring (bicyclic) bond motifs is 1. The first-order chi connectivity index (χ1) is 9.36. The van der Waals surface area contributed by atoms with Crippen LogP contribution in [-0.4, -0.2) is 13.1 Å². The molecule has 0 unspecified atom stereocenters. The molecule has 0 radical (unpaired) electrons. The molecule has 0 spiro atoms. The van der Waals surface area contributed by atoms with Gasteiger partial charge in [0.25, 0.3) is 0 Å². The summed E-state index contributed by atoms with van der Waals surface area (Å²) in [6.45, 7) is 6.68. The predicted octanol–water partition coefficient (Wildman–Crippen LogP) is 4.69. The van der Waals surface area contributed by atoms with Crippen molar-refractivity contribution in [3.05, 3.63) is 24.3 Å². The lowest BCUT2D eigenvalue weighted by atomic mass is 10.2. The van der Waals surface area contributed by atoms with E-state index in [2.05, 4.69) is 53.7 Å². The van der Waals surface area contributed by atoms with E-state index < -0.39 is 0 Å². The minimum atomic E-state index is 0. The quantitative estimate of drug-likeness (QED) is 0.692. The summed E-state index contributed by atoms with van der Waals surface area (Å²) in [6, 6.07) is 8.68. The van der Waals surface area contributed by atoms with Crippen LogP contribution in [0.15, 0.2) is 24.3 Å². The van der Waals surface area contributed by atoms with E-state index in [1.165, 1.54) is 49.9 Å². The lowest BCUT2D eigenvalue weighted by Crippen LogP contribution is -2.45. The van der Waals surface area contributed by atoms with Crippen LogP contribution in [-0.2, 0) is 0 Å². The van der Waals surface area contributed by atoms with Gasteiger partial charge in [-0.25, -0.2) is 0 Å². The topological polar surface area (TPSA) is 18.5 Å². The van der Waals surface area contributed by atoms with Crippen LogP contribution in [0.3, 0.4) is 0 Å². The summed E-state index contributed by atoms with van der Waals surface area (Å²) in [7, 11) is 0. The van der Waals surface area contributed by atoms with Crippen molar-refractivity contribution in [1.29, 1.82) is 0 Å². The lowest BCUT2D eigenvalue weighted by Gasteiger charge is -2.22. The Morgan fingerprint density at radius 1 is 0.800 bits per heavy atom. The van der Waals surface area contributed by atoms with Crippen LogP contribution >= 0.6 is 17.0 Å². The van der Waals surface area contributed by atoms with Crippen molar-refractivity contribution < 1.29 is 0 Å². The highest BCUT2D eigenvalue weighted by Gasteiger charge is 2.23. The molecule has 1 aliphatic heterocycles. The highest BCUT2D eigenvalue weighted by atomic mass is 79.9. The summed E-state index contributed by atoms with van der Waals surface area (Å²) in [5, 5.41) is 4.60. The van der Waals surface area contributed by atoms with Gasteiger partial charge in [0.05, 0.1) is 11.4 Å². The first-order valence-corrected chi connectivity index (χ1v) is 7.77. The van der Waals surface area contributed by atoms with Crippen LogP contribution in [0.1, 0.15) is 52.4 Å². The monoisotopic (exact) mass is 341 g/mol. The lowest BCUT2D eigenvalue weighted by molar-refractivity contribution is 0.565. The molecule has 2 rings (SSSR count). The molecule has 0 bridgehead atoms. The zero-order chi connectivity index (χ0) is 13.5. The molecule has 114 valence electrons. The number of unbranched alkanes of at least 4 members (excludes halogenated alkanes) is 4. The smallest absolute Gasteiger partial charge is 0.0785 e. The number of hydrogen-bond acceptors (Lipinski definition) is 3. The minimum Gasteiger partial charge on any atom is -0.289 e. The molecule has 0 aliphatic carbocycles. The molecular weight excluding hydrogens is 314 g/mol. The Morgan fingerprint density at radius 3 is 1.90 bits per heavy atom. The second kappa shape index (κ2) is 9.24. The van der Waals surface area contributed by atoms with Crippen molar-refractivity contribution in [3.8, 4) is 0 Å². The Bertz CT molecular complexity index is 384. The number of para-hydroxylation sites is 2. The Hall–Kier alpha value is -0.740. The van der Waals surface area contributed by atoms with E-state index in [0.29, 0.717) is 0 Å². The van der Waals surface area contributed by atoms with Crippen LogP contribution in [0.25, 0.3) is 0 Å². The van der Waals surface area contributed by atoms with E-state index >= 15 is 0 Å². The molecule has 4 heteroatoms. The van der Waals surface area contributed by atoms with E-state index in [-0.39, 0.29) is 17.0 Å². The molecule has 1 aliphatic rings. The number of nitrogens with zero attached hydrogens (tertiary/aromatic N) is 2. The van der Waals surface area contributed by atoms with Crippen molar-refractivity contribution in [2.45, 2.75) is 52.4 Å². The molecule has 3 nitrogen and oxygen atoms in total. The number of hydrogen-bond donors (Lipinski definition) is 1. The number of hydrazine groups is 2. The molecule has 0 saturated carbocycles. The van der Waals surface area contributed by atoms with Crippen LogP contribution in [0.4, 0.5) is 11.4 Å². The second-order valence-corrected chi connectivity index (χ2v) is 5.31. The normalized spacial score (nSPS) is 13.3. The zero-order valence-corrected chi connectivity index (χ0v) is 14.5. The van der Waals surface area contributed by atoms with Gasteiger partial charge in [-0.1, -0.05) is 51.7 Å². The third-order valence-electron chi connectivity index (χ3n) is 3.68. The Morgan fingerprint density at radius 2 is 1.35 bits per heavy atom. The van der Waals surface area contributed by atoms with Gasteiger partial charge >= 0.3 is 0 Å². The number of halogens is 1. The van der Waals surface area contributed by atoms with Crippen LogP contribution < -0.4 is 15.6 Å². The first-order valence-electron chi connectivity index (χ1n) is 7.77. The van der Waals surface area contributed by atoms with Gasteiger partial charge in [0.15, 0.2) is 0 Å². The van der Waals surface area contributed by atoms with Crippen molar-refractivity contribution in [2.24, 2.45) is 0 Å². The molecule has 1 aromatic rings. The number of anilines is 2. The van der Waals surface area contributed by atoms with Gasteiger partial charge in [0, 0.05) is 13.1 Å². The van der Waals surface area contributed by atoms with E-state index in [1.807, 2.05) is 0 Å². The Balaban J connectivity index is 0.00000200. The predicted molar refractivity (Wildman–Crippen MR) is 93.6 cm³/mol. The van der Waals surface area contributed by atoms with Gasteiger partial charge in [0.1, 0.15) is 0 Å². The first kappa shape index (κ1) is 17.3. The van der Waals surface area contributed by atoms with Crippen molar-refractivity contribution in [1.82, 2.24) is 5.53 Å². The third kappa shape index (κ3) is 4.38. The third-order valence-corrected chi connectivity index (χ3v) is 3.68. The van der Waals surface area contributed by atoms with Crippen molar-refractivity contribution in [3.63, 3.8) is 0 Å². The van der Waals surface area contributed by atoms with Gasteiger partial charge in [-0.05, 0) is 25.0 Å². The fourth-order valence-electron chi connectivity index (χ4n) is 2.53. The molecule has 0 amide bonds. The van der Waals surface area contributed by atoms with Crippen LogP contribution in [0.5, 0.6) is 0 Å². The summed E-state index contributed by atoms with van der Waals surface area (Å²) in [6.07, 6.45) is 7.69. The van der Waals surface area contributed by atoms with E-state index in [1.54, 1.807) is 0 Å². The van der Waals surface area contributed by atoms with Gasteiger partial charge in [-0.2, -0.15) is 0 Å². The standard InChI is InChI=1S/C16H27N3.BrH/c1-3-5-7-10-14-19-16-12-9-8-11-15(16)18(17-19)13-6-4-2;/h8-9,11-12,17H,3-7,10,13-14H2,1-2H3;1H. The van der Waals surface area contributed by atoms with E-state index in [9.17, 15) is 0 Å². The molecule has 0 atom stereocenters. The molecule has 1 aromatic carbocycles. The molecule has 20 heavy (non-hydrogen) atoms. The molecular formula is C16H28BrN3. The molecule has 1 heterocycles. The number of nitrogens with one attached hydrogen (secondary N) is 1. The molecule has 0 saturated heterocycles. The maximum Gasteiger partial charge on any atom is 0.0785 e. The van der Waals surface area contributed by atoms with Gasteiger partial charge in [-0.15, -0.1) is 22.5 Å². The SMILES string of the molecule is Br.CCCCCCN1NN(CCCC)c2ccccc21.